The lowest BCUT2D eigenvalue weighted by Crippen LogP contribution is -2.40. The summed E-state index contributed by atoms with van der Waals surface area (Å²) in [5.41, 5.74) is 0.610. The Kier molecular flexibility index (Phi) is 6.82. The van der Waals surface area contributed by atoms with E-state index in [4.69, 9.17) is 9.47 Å². The molecule has 6 heteroatoms. The molecular formula is C21H26N2O4. The van der Waals surface area contributed by atoms with Gasteiger partial charge in [-0.1, -0.05) is 30.3 Å². The van der Waals surface area contributed by atoms with E-state index in [0.29, 0.717) is 17.9 Å². The summed E-state index contributed by atoms with van der Waals surface area (Å²) in [6, 6.07) is 15.2. The van der Waals surface area contributed by atoms with Crippen molar-refractivity contribution in [2.45, 2.75) is 39.3 Å². The van der Waals surface area contributed by atoms with Gasteiger partial charge in [0.05, 0.1) is 6.61 Å². The number of anilines is 1. The molecule has 2 aromatic carbocycles. The molecule has 1 unspecified atom stereocenters. The third-order valence-corrected chi connectivity index (χ3v) is 3.49. The summed E-state index contributed by atoms with van der Waals surface area (Å²) in [5, 5.41) is 5.46. The smallest absolute Gasteiger partial charge is 0.408 e. The molecule has 0 saturated heterocycles. The fraction of sp³-hybridized carbons (Fsp3) is 0.333. The number of benzene rings is 2. The van der Waals surface area contributed by atoms with Crippen LogP contribution in [0.3, 0.4) is 0 Å². The molecular weight excluding hydrogens is 344 g/mol. The van der Waals surface area contributed by atoms with Gasteiger partial charge >= 0.3 is 6.09 Å². The molecule has 2 rings (SSSR count). The molecule has 0 fully saturated rings. The number of amides is 2. The molecule has 0 spiro atoms. The van der Waals surface area contributed by atoms with Crippen LogP contribution < -0.4 is 15.4 Å². The predicted octanol–water partition coefficient (Wildman–Crippen LogP) is 4.29. The van der Waals surface area contributed by atoms with Gasteiger partial charge in [-0.25, -0.2) is 4.79 Å². The van der Waals surface area contributed by atoms with Crippen molar-refractivity contribution in [1.29, 1.82) is 0 Å². The van der Waals surface area contributed by atoms with Crippen LogP contribution in [-0.2, 0) is 9.53 Å². The van der Waals surface area contributed by atoms with Gasteiger partial charge < -0.3 is 20.1 Å². The van der Waals surface area contributed by atoms with Crippen molar-refractivity contribution in [2.75, 3.05) is 11.9 Å². The Hall–Kier alpha value is -3.02. The Balaban J connectivity index is 2.14. The Labute approximate surface area is 159 Å². The van der Waals surface area contributed by atoms with Crippen molar-refractivity contribution in [1.82, 2.24) is 5.32 Å². The second kappa shape index (κ2) is 9.07. The van der Waals surface area contributed by atoms with Crippen LogP contribution in [0.1, 0.15) is 39.3 Å². The van der Waals surface area contributed by atoms with E-state index < -0.39 is 17.7 Å². The van der Waals surface area contributed by atoms with Crippen molar-refractivity contribution in [3.8, 4) is 5.75 Å². The van der Waals surface area contributed by atoms with Crippen LogP contribution in [0.25, 0.3) is 0 Å². The number of nitrogens with one attached hydrogen (secondary N) is 2. The first-order valence-electron chi connectivity index (χ1n) is 8.86. The molecule has 2 N–H and O–H groups in total. The molecule has 0 aliphatic heterocycles. The van der Waals surface area contributed by atoms with E-state index in [1.165, 1.54) is 0 Å². The molecule has 0 aliphatic rings. The first-order valence-corrected chi connectivity index (χ1v) is 8.86. The summed E-state index contributed by atoms with van der Waals surface area (Å²) in [7, 11) is 0. The molecule has 1 atom stereocenters. The lowest BCUT2D eigenvalue weighted by atomic mass is 10.1. The molecule has 0 aliphatic carbocycles. The van der Waals surface area contributed by atoms with Gasteiger partial charge in [-0.2, -0.15) is 0 Å². The van der Waals surface area contributed by atoms with Crippen molar-refractivity contribution < 1.29 is 19.1 Å². The lowest BCUT2D eigenvalue weighted by Gasteiger charge is -2.23. The molecule has 0 saturated carbocycles. The van der Waals surface area contributed by atoms with Gasteiger partial charge in [0.1, 0.15) is 17.4 Å². The standard InChI is InChI=1S/C21H26N2O4/c1-5-26-17-13-11-16(12-14-17)22-19(24)18(15-9-7-6-8-10-15)23-20(25)27-21(2,3)4/h6-14,18H,5H2,1-4H3,(H,22,24)(H,23,25). The average molecular weight is 370 g/mol. The monoisotopic (exact) mass is 370 g/mol. The first kappa shape index (κ1) is 20.3. The minimum atomic E-state index is -0.882. The molecule has 144 valence electrons. The van der Waals surface area contributed by atoms with Gasteiger partial charge in [0.25, 0.3) is 5.91 Å². The van der Waals surface area contributed by atoms with Crippen molar-refractivity contribution in [3.63, 3.8) is 0 Å². The van der Waals surface area contributed by atoms with E-state index in [-0.39, 0.29) is 5.91 Å². The minimum absolute atomic E-state index is 0.365. The van der Waals surface area contributed by atoms with Crippen molar-refractivity contribution in [2.24, 2.45) is 0 Å². The maximum atomic E-state index is 12.8. The van der Waals surface area contributed by atoms with Gasteiger partial charge in [0.2, 0.25) is 0 Å². The maximum Gasteiger partial charge on any atom is 0.408 e. The van der Waals surface area contributed by atoms with Crippen LogP contribution in [0.2, 0.25) is 0 Å². The van der Waals surface area contributed by atoms with Crippen molar-refractivity contribution in [3.05, 3.63) is 60.2 Å². The van der Waals surface area contributed by atoms with Gasteiger partial charge in [0, 0.05) is 5.69 Å². The van der Waals surface area contributed by atoms with E-state index in [1.807, 2.05) is 25.1 Å². The lowest BCUT2D eigenvalue weighted by molar-refractivity contribution is -0.118. The molecule has 0 heterocycles. The molecule has 6 nitrogen and oxygen atoms in total. The highest BCUT2D eigenvalue weighted by Crippen LogP contribution is 2.20. The number of rotatable bonds is 6. The van der Waals surface area contributed by atoms with E-state index in [9.17, 15) is 9.59 Å². The van der Waals surface area contributed by atoms with Gasteiger partial charge in [0.15, 0.2) is 0 Å². The maximum absolute atomic E-state index is 12.8. The summed E-state index contributed by atoms with van der Waals surface area (Å²) in [5.74, 6) is 0.359. The van der Waals surface area contributed by atoms with Gasteiger partial charge in [-0.3, -0.25) is 4.79 Å². The van der Waals surface area contributed by atoms with E-state index in [0.717, 1.165) is 5.75 Å². The van der Waals surface area contributed by atoms with Crippen LogP contribution in [0, 0.1) is 0 Å². The Morgan fingerprint density at radius 3 is 2.19 bits per heavy atom. The first-order chi connectivity index (χ1) is 12.8. The zero-order valence-electron chi connectivity index (χ0n) is 16.1. The van der Waals surface area contributed by atoms with Crippen LogP contribution in [0.5, 0.6) is 5.75 Å². The number of hydrogen-bond acceptors (Lipinski definition) is 4. The fourth-order valence-electron chi connectivity index (χ4n) is 2.39. The largest absolute Gasteiger partial charge is 0.494 e. The number of ether oxygens (including phenoxy) is 2. The summed E-state index contributed by atoms with van der Waals surface area (Å²) in [4.78, 5) is 25.0. The third kappa shape index (κ3) is 6.66. The van der Waals surface area contributed by atoms with E-state index in [1.54, 1.807) is 57.2 Å². The molecule has 2 aromatic rings. The summed E-state index contributed by atoms with van der Waals surface area (Å²) in [6.07, 6.45) is -0.654. The van der Waals surface area contributed by atoms with Crippen LogP contribution in [-0.4, -0.2) is 24.2 Å². The SMILES string of the molecule is CCOc1ccc(NC(=O)C(NC(=O)OC(C)(C)C)c2ccccc2)cc1. The molecule has 27 heavy (non-hydrogen) atoms. The van der Waals surface area contributed by atoms with Crippen molar-refractivity contribution >= 4 is 17.7 Å². The summed E-state index contributed by atoms with van der Waals surface area (Å²) < 4.78 is 10.7. The molecule has 0 aromatic heterocycles. The van der Waals surface area contributed by atoms with Crippen LogP contribution in [0.15, 0.2) is 54.6 Å². The second-order valence-electron chi connectivity index (χ2n) is 6.94. The topological polar surface area (TPSA) is 76.7 Å². The number of hydrogen-bond donors (Lipinski definition) is 2. The average Bonchev–Trinajstić information content (AvgIpc) is 2.61. The normalized spacial score (nSPS) is 12.0. The Morgan fingerprint density at radius 1 is 1.00 bits per heavy atom. The second-order valence-corrected chi connectivity index (χ2v) is 6.94. The summed E-state index contributed by atoms with van der Waals surface area (Å²) in [6.45, 7) is 7.78. The Morgan fingerprint density at radius 2 is 1.63 bits per heavy atom. The molecule has 0 bridgehead atoms. The van der Waals surface area contributed by atoms with Gasteiger partial charge in [-0.15, -0.1) is 0 Å². The van der Waals surface area contributed by atoms with Crippen LogP contribution >= 0.6 is 0 Å². The highest BCUT2D eigenvalue weighted by molar-refractivity contribution is 5.97. The summed E-state index contributed by atoms with van der Waals surface area (Å²) >= 11 is 0. The van der Waals surface area contributed by atoms with Crippen LogP contribution in [0.4, 0.5) is 10.5 Å². The third-order valence-electron chi connectivity index (χ3n) is 3.49. The highest BCUT2D eigenvalue weighted by atomic mass is 16.6. The van der Waals surface area contributed by atoms with E-state index in [2.05, 4.69) is 10.6 Å². The molecule has 0 radical (unpaired) electrons. The zero-order valence-corrected chi connectivity index (χ0v) is 16.1. The predicted molar refractivity (Wildman–Crippen MR) is 105 cm³/mol. The highest BCUT2D eigenvalue weighted by Gasteiger charge is 2.25. The number of carbonyl (C=O) groups excluding carboxylic acids is 2. The quantitative estimate of drug-likeness (QED) is 0.795. The zero-order chi connectivity index (χ0) is 19.9. The Bertz CT molecular complexity index is 752. The van der Waals surface area contributed by atoms with Gasteiger partial charge in [-0.05, 0) is 57.5 Å². The minimum Gasteiger partial charge on any atom is -0.494 e. The molecule has 2 amide bonds. The number of alkyl carbamates (subject to hydrolysis) is 1. The van der Waals surface area contributed by atoms with E-state index >= 15 is 0 Å². The fourth-order valence-corrected chi connectivity index (χ4v) is 2.39. The number of carbonyl (C=O) groups is 2.